The summed E-state index contributed by atoms with van der Waals surface area (Å²) < 4.78 is 0. The van der Waals surface area contributed by atoms with Gasteiger partial charge in [-0.25, -0.2) is 0 Å². The fourth-order valence-corrected chi connectivity index (χ4v) is 3.22. The normalized spacial score (nSPS) is 12.1. The maximum Gasteiger partial charge on any atom is 0.127 e. The Labute approximate surface area is 186 Å². The van der Waals surface area contributed by atoms with Gasteiger partial charge < -0.3 is 20.0 Å². The largest absolute Gasteiger partial charge is 0.507 e. The zero-order valence-corrected chi connectivity index (χ0v) is 19.7. The molecule has 31 heavy (non-hydrogen) atoms. The quantitative estimate of drug-likeness (QED) is 0.574. The molecule has 0 saturated carbocycles. The van der Waals surface area contributed by atoms with Crippen molar-refractivity contribution in [2.75, 3.05) is 54.4 Å². The second-order valence-corrected chi connectivity index (χ2v) is 8.55. The topological polar surface area (TPSA) is 71.7 Å². The summed E-state index contributed by atoms with van der Waals surface area (Å²) in [6, 6.07) is 7.64. The van der Waals surface area contributed by atoms with Gasteiger partial charge in [0.1, 0.15) is 11.5 Å². The molecule has 6 nitrogen and oxygen atoms in total. The van der Waals surface area contributed by atoms with Crippen molar-refractivity contribution >= 4 is 12.4 Å². The molecular weight excluding hydrogens is 388 g/mol. The second kappa shape index (κ2) is 11.6. The monoisotopic (exact) mass is 424 g/mol. The van der Waals surface area contributed by atoms with Crippen molar-refractivity contribution in [2.24, 2.45) is 9.98 Å². The number of aryl methyl sites for hydroxylation is 2. The van der Waals surface area contributed by atoms with E-state index in [-0.39, 0.29) is 11.5 Å². The van der Waals surface area contributed by atoms with Crippen LogP contribution in [0, 0.1) is 13.8 Å². The Morgan fingerprint density at radius 3 is 1.94 bits per heavy atom. The molecule has 6 heteroatoms. The van der Waals surface area contributed by atoms with Gasteiger partial charge in [0.15, 0.2) is 0 Å². The molecule has 0 aliphatic heterocycles. The van der Waals surface area contributed by atoms with E-state index in [4.69, 9.17) is 0 Å². The van der Waals surface area contributed by atoms with Crippen molar-refractivity contribution in [3.63, 3.8) is 0 Å². The molecule has 0 fully saturated rings. The van der Waals surface area contributed by atoms with Crippen LogP contribution in [0.15, 0.2) is 34.3 Å². The van der Waals surface area contributed by atoms with Gasteiger partial charge in [-0.1, -0.05) is 6.07 Å². The van der Waals surface area contributed by atoms with Crippen LogP contribution in [0.3, 0.4) is 0 Å². The van der Waals surface area contributed by atoms with Crippen LogP contribution < -0.4 is 0 Å². The molecule has 0 unspecified atom stereocenters. The van der Waals surface area contributed by atoms with Gasteiger partial charge in [0, 0.05) is 43.1 Å². The summed E-state index contributed by atoms with van der Waals surface area (Å²) in [5.74, 6) is 0.444. The number of phenols is 2. The highest BCUT2D eigenvalue weighted by Gasteiger charge is 2.12. The predicted octanol–water partition coefficient (Wildman–Crippen LogP) is 3.27. The molecule has 2 aromatic carbocycles. The maximum atomic E-state index is 10.8. The van der Waals surface area contributed by atoms with Crippen molar-refractivity contribution in [1.82, 2.24) is 9.80 Å². The first-order valence-electron chi connectivity index (χ1n) is 10.6. The van der Waals surface area contributed by atoms with Crippen LogP contribution in [0.2, 0.25) is 0 Å². The first-order valence-corrected chi connectivity index (χ1v) is 10.6. The Morgan fingerprint density at radius 1 is 0.774 bits per heavy atom. The molecule has 0 heterocycles. The lowest BCUT2D eigenvalue weighted by molar-refractivity contribution is 0.420. The summed E-state index contributed by atoms with van der Waals surface area (Å²) in [5.41, 5.74) is 5.34. The van der Waals surface area contributed by atoms with E-state index in [0.717, 1.165) is 40.9 Å². The number of benzene rings is 2. The van der Waals surface area contributed by atoms with Crippen molar-refractivity contribution in [3.05, 3.63) is 57.6 Å². The van der Waals surface area contributed by atoms with Crippen LogP contribution in [0.5, 0.6) is 11.5 Å². The van der Waals surface area contributed by atoms with E-state index in [9.17, 15) is 10.2 Å². The molecule has 0 atom stereocenters. The zero-order chi connectivity index (χ0) is 23.0. The third-order valence-electron chi connectivity index (χ3n) is 5.04. The molecule has 0 aliphatic rings. The lowest BCUT2D eigenvalue weighted by atomic mass is 9.95. The second-order valence-electron chi connectivity index (χ2n) is 8.55. The van der Waals surface area contributed by atoms with Crippen LogP contribution in [0.25, 0.3) is 0 Å². The van der Waals surface area contributed by atoms with E-state index in [1.54, 1.807) is 18.5 Å². The molecule has 0 spiro atoms. The predicted molar refractivity (Wildman–Crippen MR) is 131 cm³/mol. The first kappa shape index (κ1) is 24.6. The van der Waals surface area contributed by atoms with Crippen LogP contribution in [0.4, 0.5) is 0 Å². The first-order chi connectivity index (χ1) is 14.7. The molecular formula is C25H36N4O2. The lowest BCUT2D eigenvalue weighted by Gasteiger charge is -2.13. The number of hydrogen-bond acceptors (Lipinski definition) is 6. The van der Waals surface area contributed by atoms with E-state index in [1.165, 1.54) is 0 Å². The fraction of sp³-hybridized carbons (Fsp3) is 0.440. The Hall–Kier alpha value is -2.70. The number of aliphatic imine (C=N–C) groups is 2. The van der Waals surface area contributed by atoms with Crippen molar-refractivity contribution in [2.45, 2.75) is 20.3 Å². The Morgan fingerprint density at radius 2 is 1.35 bits per heavy atom. The van der Waals surface area contributed by atoms with E-state index in [1.807, 2.05) is 60.2 Å². The molecule has 168 valence electrons. The van der Waals surface area contributed by atoms with Gasteiger partial charge in [0.2, 0.25) is 0 Å². The maximum absolute atomic E-state index is 10.8. The Bertz CT molecular complexity index is 934. The standard InChI is InChI=1S/C25H36N4O2/c1-18-11-21(25(31)23(12-18)17-27-8-10-29(5)6)14-20-15-24(30)22(13-19(20)2)16-26-7-9-28(3)4/h11-13,15-17,30-31H,7-10,14H2,1-6H3. The average molecular weight is 425 g/mol. The summed E-state index contributed by atoms with van der Waals surface area (Å²) in [5, 5.41) is 21.3. The molecule has 2 N–H and O–H groups in total. The molecule has 0 amide bonds. The highest BCUT2D eigenvalue weighted by molar-refractivity contribution is 5.85. The minimum Gasteiger partial charge on any atom is -0.507 e. The summed E-state index contributed by atoms with van der Waals surface area (Å²) in [6.07, 6.45) is 4.00. The van der Waals surface area contributed by atoms with E-state index >= 15 is 0 Å². The zero-order valence-electron chi connectivity index (χ0n) is 19.7. The fourth-order valence-electron chi connectivity index (χ4n) is 3.22. The van der Waals surface area contributed by atoms with Crippen molar-refractivity contribution in [1.29, 1.82) is 0 Å². The lowest BCUT2D eigenvalue weighted by Crippen LogP contribution is -2.15. The number of nitrogens with zero attached hydrogens (tertiary/aromatic N) is 4. The van der Waals surface area contributed by atoms with Crippen LogP contribution in [-0.4, -0.2) is 86.8 Å². The van der Waals surface area contributed by atoms with Gasteiger partial charge >= 0.3 is 0 Å². The highest BCUT2D eigenvalue weighted by atomic mass is 16.3. The number of hydrogen-bond donors (Lipinski definition) is 2. The van der Waals surface area contributed by atoms with Crippen LogP contribution in [0.1, 0.15) is 33.4 Å². The van der Waals surface area contributed by atoms with Crippen LogP contribution in [-0.2, 0) is 6.42 Å². The molecule has 0 saturated heterocycles. The molecule has 2 rings (SSSR count). The number of aromatic hydroxyl groups is 2. The van der Waals surface area contributed by atoms with Crippen LogP contribution >= 0.6 is 0 Å². The van der Waals surface area contributed by atoms with Gasteiger partial charge in [-0.3, -0.25) is 9.98 Å². The van der Waals surface area contributed by atoms with Gasteiger partial charge in [-0.2, -0.15) is 0 Å². The van der Waals surface area contributed by atoms with E-state index in [2.05, 4.69) is 19.8 Å². The summed E-state index contributed by atoms with van der Waals surface area (Å²) in [4.78, 5) is 13.0. The molecule has 0 bridgehead atoms. The highest BCUT2D eigenvalue weighted by Crippen LogP contribution is 2.29. The molecule has 0 aromatic heterocycles. The van der Waals surface area contributed by atoms with Gasteiger partial charge in [0.05, 0.1) is 13.1 Å². The number of rotatable bonds is 10. The molecule has 0 aliphatic carbocycles. The van der Waals surface area contributed by atoms with Gasteiger partial charge in [-0.15, -0.1) is 0 Å². The SMILES string of the molecule is Cc1cc(C=NCCN(C)C)c(O)c(Cc2cc(O)c(C=NCCN(C)C)cc2C)c1. The van der Waals surface area contributed by atoms with E-state index in [0.29, 0.717) is 25.1 Å². The minimum absolute atomic E-state index is 0.201. The smallest absolute Gasteiger partial charge is 0.127 e. The van der Waals surface area contributed by atoms with Crippen molar-refractivity contribution in [3.8, 4) is 11.5 Å². The summed E-state index contributed by atoms with van der Waals surface area (Å²) in [7, 11) is 8.04. The average Bonchev–Trinajstić information content (AvgIpc) is 2.68. The third-order valence-corrected chi connectivity index (χ3v) is 5.04. The summed E-state index contributed by atoms with van der Waals surface area (Å²) in [6.45, 7) is 7.12. The summed E-state index contributed by atoms with van der Waals surface area (Å²) >= 11 is 0. The molecule has 2 aromatic rings. The third kappa shape index (κ3) is 7.81. The minimum atomic E-state index is 0.201. The van der Waals surface area contributed by atoms with Crippen molar-refractivity contribution < 1.29 is 10.2 Å². The molecule has 0 radical (unpaired) electrons. The van der Waals surface area contributed by atoms with Gasteiger partial charge in [0.25, 0.3) is 0 Å². The van der Waals surface area contributed by atoms with E-state index < -0.39 is 0 Å². The number of phenolic OH excluding ortho intramolecular Hbond substituents is 2. The Kier molecular flexibility index (Phi) is 9.21. The Balaban J connectivity index is 2.21. The van der Waals surface area contributed by atoms with Gasteiger partial charge in [-0.05, 0) is 82.5 Å². The number of likely N-dealkylation sites (N-methyl/N-ethyl adjacent to an activating group) is 2.